The number of amides is 3. The summed E-state index contributed by atoms with van der Waals surface area (Å²) in [5, 5.41) is 5.47. The van der Waals surface area contributed by atoms with E-state index in [-0.39, 0.29) is 11.7 Å². The van der Waals surface area contributed by atoms with Crippen molar-refractivity contribution >= 4 is 30.5 Å². The Morgan fingerprint density at radius 3 is 2.18 bits per heavy atom. The van der Waals surface area contributed by atoms with Gasteiger partial charge < -0.3 is 20.3 Å². The summed E-state index contributed by atoms with van der Waals surface area (Å²) >= 11 is 4.23. The summed E-state index contributed by atoms with van der Waals surface area (Å²) in [6.45, 7) is 7.49. The molecule has 2 unspecified atom stereocenters. The Balaban J connectivity index is 2.23. The van der Waals surface area contributed by atoms with Crippen molar-refractivity contribution in [2.24, 2.45) is 0 Å². The third-order valence-corrected chi connectivity index (χ3v) is 5.22. The van der Waals surface area contributed by atoms with Crippen LogP contribution in [0, 0.1) is 6.92 Å². The van der Waals surface area contributed by atoms with E-state index in [2.05, 4.69) is 23.3 Å². The second-order valence-electron chi connectivity index (χ2n) is 8.85. The number of benzene rings is 2. The highest BCUT2D eigenvalue weighted by Crippen LogP contribution is 2.22. The summed E-state index contributed by atoms with van der Waals surface area (Å²) in [6.07, 6.45) is -0.719. The molecule has 2 atom stereocenters. The maximum absolute atomic E-state index is 13.3. The number of aryl methyl sites for hydroxylation is 1. The zero-order valence-corrected chi connectivity index (χ0v) is 20.7. The van der Waals surface area contributed by atoms with Gasteiger partial charge in [-0.1, -0.05) is 60.2 Å². The number of carbonyl (C=O) groups excluding carboxylic acids is 3. The number of carbonyl (C=O) groups is 3. The smallest absolute Gasteiger partial charge is 0.408 e. The number of alkyl carbamates (subject to hydrolysis) is 1. The van der Waals surface area contributed by atoms with Crippen LogP contribution in [0.25, 0.3) is 0 Å². The van der Waals surface area contributed by atoms with Gasteiger partial charge >= 0.3 is 6.09 Å². The molecule has 3 amide bonds. The molecule has 2 aromatic carbocycles. The molecule has 0 spiro atoms. The number of likely N-dealkylation sites (N-methyl/N-ethyl adjacent to an activating group) is 1. The molecule has 2 rings (SSSR count). The molecule has 2 aromatic rings. The predicted octanol–water partition coefficient (Wildman–Crippen LogP) is 3.63. The maximum atomic E-state index is 13.3. The zero-order valence-electron chi connectivity index (χ0n) is 19.8. The topological polar surface area (TPSA) is 87.7 Å². The fraction of sp³-hybridized carbons (Fsp3) is 0.400. The van der Waals surface area contributed by atoms with Crippen molar-refractivity contribution in [3.63, 3.8) is 0 Å². The second-order valence-corrected chi connectivity index (χ2v) is 9.21. The molecule has 8 heteroatoms. The maximum Gasteiger partial charge on any atom is 0.408 e. The first kappa shape index (κ1) is 26.3. The number of hydrogen-bond donors (Lipinski definition) is 3. The van der Waals surface area contributed by atoms with Crippen LogP contribution in [0.5, 0.6) is 0 Å². The molecule has 0 fully saturated rings. The molecule has 2 N–H and O–H groups in total. The van der Waals surface area contributed by atoms with Crippen LogP contribution in [0.2, 0.25) is 0 Å². The standard InChI is InChI=1S/C25H33N3O4S/c1-17-11-13-19(14-12-17)21(22(29)26-15-18-9-7-6-8-10-18)28(5)23(30)20(16-33)27-24(31)32-25(2,3)4/h6-14,20-21,33H,15-16H2,1-5H3,(H,26,29)(H,27,31). The Morgan fingerprint density at radius 2 is 1.64 bits per heavy atom. The summed E-state index contributed by atoms with van der Waals surface area (Å²) in [5.41, 5.74) is 1.94. The summed E-state index contributed by atoms with van der Waals surface area (Å²) in [6, 6.07) is 15.1. The third-order valence-electron chi connectivity index (χ3n) is 4.86. The first-order valence-electron chi connectivity index (χ1n) is 10.8. The molecule has 0 aromatic heterocycles. The predicted molar refractivity (Wildman–Crippen MR) is 132 cm³/mol. The van der Waals surface area contributed by atoms with E-state index in [1.807, 2.05) is 61.5 Å². The zero-order chi connectivity index (χ0) is 24.6. The molecule has 0 radical (unpaired) electrons. The first-order valence-corrected chi connectivity index (χ1v) is 11.4. The summed E-state index contributed by atoms with van der Waals surface area (Å²) in [5.74, 6) is -0.723. The number of hydrogen-bond acceptors (Lipinski definition) is 5. The van der Waals surface area contributed by atoms with Crippen LogP contribution in [-0.4, -0.2) is 47.3 Å². The van der Waals surface area contributed by atoms with Crippen molar-refractivity contribution < 1.29 is 19.1 Å². The van der Waals surface area contributed by atoms with E-state index in [1.165, 1.54) is 4.90 Å². The van der Waals surface area contributed by atoms with Crippen LogP contribution in [-0.2, 0) is 20.9 Å². The number of nitrogens with zero attached hydrogens (tertiary/aromatic N) is 1. The molecular formula is C25H33N3O4S. The van der Waals surface area contributed by atoms with Crippen molar-refractivity contribution in [1.29, 1.82) is 0 Å². The molecule has 33 heavy (non-hydrogen) atoms. The lowest BCUT2D eigenvalue weighted by atomic mass is 10.0. The van der Waals surface area contributed by atoms with Crippen molar-refractivity contribution in [3.05, 3.63) is 71.3 Å². The Kier molecular flexibility index (Phi) is 9.34. The quantitative estimate of drug-likeness (QED) is 0.513. The van der Waals surface area contributed by atoms with Crippen LogP contribution < -0.4 is 10.6 Å². The lowest BCUT2D eigenvalue weighted by Crippen LogP contribution is -2.52. The Bertz CT molecular complexity index is 942. The molecule has 0 aliphatic heterocycles. The van der Waals surface area contributed by atoms with Gasteiger partial charge in [0.05, 0.1) is 0 Å². The SMILES string of the molecule is Cc1ccc(C(C(=O)NCc2ccccc2)N(C)C(=O)C(CS)NC(=O)OC(C)(C)C)cc1. The number of thiol groups is 1. The van der Waals surface area contributed by atoms with Crippen molar-refractivity contribution in [2.75, 3.05) is 12.8 Å². The van der Waals surface area contributed by atoms with Crippen LogP contribution in [0.3, 0.4) is 0 Å². The van der Waals surface area contributed by atoms with Crippen molar-refractivity contribution in [1.82, 2.24) is 15.5 Å². The van der Waals surface area contributed by atoms with E-state index in [0.717, 1.165) is 11.1 Å². The summed E-state index contributed by atoms with van der Waals surface area (Å²) < 4.78 is 5.26. The van der Waals surface area contributed by atoms with Gasteiger partial charge in [0.15, 0.2) is 0 Å². The van der Waals surface area contributed by atoms with Crippen LogP contribution in [0.1, 0.15) is 43.5 Å². The van der Waals surface area contributed by atoms with Gasteiger partial charge in [-0.2, -0.15) is 12.6 Å². The highest BCUT2D eigenvalue weighted by molar-refractivity contribution is 7.80. The molecule has 0 saturated heterocycles. The average Bonchev–Trinajstić information content (AvgIpc) is 2.76. The van der Waals surface area contributed by atoms with Gasteiger partial charge in [-0.25, -0.2) is 4.79 Å². The van der Waals surface area contributed by atoms with Gasteiger partial charge in [0.25, 0.3) is 0 Å². The number of nitrogens with one attached hydrogen (secondary N) is 2. The fourth-order valence-corrected chi connectivity index (χ4v) is 3.44. The molecule has 0 heterocycles. The molecule has 178 valence electrons. The molecule has 0 saturated carbocycles. The van der Waals surface area contributed by atoms with Gasteiger partial charge in [0.2, 0.25) is 11.8 Å². The summed E-state index contributed by atoms with van der Waals surface area (Å²) in [4.78, 5) is 40.0. The molecule has 0 aliphatic carbocycles. The third kappa shape index (κ3) is 8.13. The van der Waals surface area contributed by atoms with Gasteiger partial charge in [-0.3, -0.25) is 9.59 Å². The second kappa shape index (κ2) is 11.7. The average molecular weight is 472 g/mol. The highest BCUT2D eigenvalue weighted by atomic mass is 32.1. The number of ether oxygens (including phenoxy) is 1. The first-order chi connectivity index (χ1) is 15.5. The van der Waals surface area contributed by atoms with E-state index in [1.54, 1.807) is 27.8 Å². The lowest BCUT2D eigenvalue weighted by molar-refractivity contribution is -0.140. The van der Waals surface area contributed by atoms with Gasteiger partial charge in [0.1, 0.15) is 17.7 Å². The molecular weight excluding hydrogens is 438 g/mol. The Morgan fingerprint density at radius 1 is 1.03 bits per heavy atom. The highest BCUT2D eigenvalue weighted by Gasteiger charge is 2.33. The van der Waals surface area contributed by atoms with E-state index in [9.17, 15) is 14.4 Å². The normalized spacial score (nSPS) is 12.9. The van der Waals surface area contributed by atoms with Crippen molar-refractivity contribution in [3.8, 4) is 0 Å². The van der Waals surface area contributed by atoms with Gasteiger partial charge in [-0.15, -0.1) is 0 Å². The Labute approximate surface area is 201 Å². The minimum atomic E-state index is -0.956. The van der Waals surface area contributed by atoms with E-state index in [0.29, 0.717) is 12.1 Å². The summed E-state index contributed by atoms with van der Waals surface area (Å²) in [7, 11) is 1.54. The van der Waals surface area contributed by atoms with Crippen LogP contribution >= 0.6 is 12.6 Å². The van der Waals surface area contributed by atoms with Crippen molar-refractivity contribution in [2.45, 2.75) is 51.9 Å². The van der Waals surface area contributed by atoms with Crippen LogP contribution in [0.15, 0.2) is 54.6 Å². The van der Waals surface area contributed by atoms with Gasteiger partial charge in [-0.05, 0) is 38.8 Å². The fourth-order valence-electron chi connectivity index (χ4n) is 3.19. The number of rotatable bonds is 8. The minimum absolute atomic E-state index is 0.0503. The Hall–Kier alpha value is -3.00. The van der Waals surface area contributed by atoms with E-state index >= 15 is 0 Å². The van der Waals surface area contributed by atoms with Gasteiger partial charge in [0, 0.05) is 19.3 Å². The van der Waals surface area contributed by atoms with Crippen LogP contribution in [0.4, 0.5) is 4.79 Å². The largest absolute Gasteiger partial charge is 0.444 e. The molecule has 0 aliphatic rings. The monoisotopic (exact) mass is 471 g/mol. The molecule has 0 bridgehead atoms. The van der Waals surface area contributed by atoms with E-state index in [4.69, 9.17) is 4.74 Å². The molecule has 7 nitrogen and oxygen atoms in total. The lowest BCUT2D eigenvalue weighted by Gasteiger charge is -2.31. The minimum Gasteiger partial charge on any atom is -0.444 e. The van der Waals surface area contributed by atoms with E-state index < -0.39 is 29.7 Å².